The van der Waals surface area contributed by atoms with Crippen molar-refractivity contribution in [3.63, 3.8) is 0 Å². The van der Waals surface area contributed by atoms with Gasteiger partial charge in [0.25, 0.3) is 0 Å². The zero-order valence-electron chi connectivity index (χ0n) is 13.4. The summed E-state index contributed by atoms with van der Waals surface area (Å²) in [5.41, 5.74) is 8.17. The highest BCUT2D eigenvalue weighted by Crippen LogP contribution is 2.37. The Hall–Kier alpha value is -2.24. The Bertz CT molecular complexity index is 853. The van der Waals surface area contributed by atoms with Gasteiger partial charge in [0.1, 0.15) is 5.25 Å². The van der Waals surface area contributed by atoms with Crippen LogP contribution in [0.15, 0.2) is 88.2 Å². The van der Waals surface area contributed by atoms with E-state index in [2.05, 4.69) is 21.2 Å². The lowest BCUT2D eigenvalue weighted by Gasteiger charge is -2.18. The second-order valence-electron chi connectivity index (χ2n) is 5.45. The average Bonchev–Trinajstić information content (AvgIpc) is 2.64. The maximum Gasteiger partial charge on any atom is 0.242 e. The Morgan fingerprint density at radius 1 is 0.920 bits per heavy atom. The number of amides is 1. The van der Waals surface area contributed by atoms with E-state index in [1.165, 1.54) is 11.8 Å². The van der Waals surface area contributed by atoms with Crippen molar-refractivity contribution in [1.82, 2.24) is 0 Å². The number of halogens is 1. The molecule has 3 rings (SSSR count). The largest absolute Gasteiger partial charge is 0.399 e. The molecule has 0 radical (unpaired) electrons. The Kier molecular flexibility index (Phi) is 5.79. The number of nitrogens with one attached hydrogen (secondary N) is 1. The molecule has 0 spiro atoms. The summed E-state index contributed by atoms with van der Waals surface area (Å²) >= 11 is 4.97. The molecule has 1 amide bonds. The third-order valence-corrected chi connectivity index (χ3v) is 5.56. The molecule has 3 aromatic rings. The molecular weight excluding hydrogens is 396 g/mol. The van der Waals surface area contributed by atoms with Crippen molar-refractivity contribution in [2.24, 2.45) is 0 Å². The van der Waals surface area contributed by atoms with Crippen molar-refractivity contribution in [1.29, 1.82) is 0 Å². The molecule has 0 heterocycles. The number of thioether (sulfide) groups is 1. The smallest absolute Gasteiger partial charge is 0.242 e. The number of anilines is 2. The Labute approximate surface area is 159 Å². The average molecular weight is 413 g/mol. The fourth-order valence-electron chi connectivity index (χ4n) is 2.34. The molecule has 0 fully saturated rings. The van der Waals surface area contributed by atoms with Crippen molar-refractivity contribution in [3.05, 3.63) is 88.9 Å². The van der Waals surface area contributed by atoms with Crippen LogP contribution in [-0.2, 0) is 4.79 Å². The number of rotatable bonds is 5. The van der Waals surface area contributed by atoms with Gasteiger partial charge < -0.3 is 11.1 Å². The van der Waals surface area contributed by atoms with Gasteiger partial charge >= 0.3 is 0 Å². The SMILES string of the molecule is Nc1ccc(SC(C(=O)Nc2ccccc2Br)c2ccccc2)cc1. The zero-order valence-corrected chi connectivity index (χ0v) is 15.8. The molecule has 25 heavy (non-hydrogen) atoms. The van der Waals surface area contributed by atoms with Gasteiger partial charge in [0.15, 0.2) is 0 Å². The summed E-state index contributed by atoms with van der Waals surface area (Å²) in [6.45, 7) is 0. The molecule has 3 aromatic carbocycles. The molecule has 0 saturated carbocycles. The molecule has 0 aliphatic heterocycles. The second-order valence-corrected chi connectivity index (χ2v) is 7.48. The van der Waals surface area contributed by atoms with Gasteiger partial charge in [-0.3, -0.25) is 4.79 Å². The minimum Gasteiger partial charge on any atom is -0.399 e. The van der Waals surface area contributed by atoms with E-state index in [4.69, 9.17) is 5.73 Å². The van der Waals surface area contributed by atoms with E-state index in [0.717, 1.165) is 20.6 Å². The fourth-order valence-corrected chi connectivity index (χ4v) is 3.75. The van der Waals surface area contributed by atoms with Gasteiger partial charge in [-0.2, -0.15) is 0 Å². The van der Waals surface area contributed by atoms with Crippen molar-refractivity contribution in [3.8, 4) is 0 Å². The summed E-state index contributed by atoms with van der Waals surface area (Å²) in [7, 11) is 0. The monoisotopic (exact) mass is 412 g/mol. The van der Waals surface area contributed by atoms with E-state index in [1.54, 1.807) is 0 Å². The highest BCUT2D eigenvalue weighted by molar-refractivity contribution is 9.10. The lowest BCUT2D eigenvalue weighted by atomic mass is 10.1. The molecule has 0 aromatic heterocycles. The maximum absolute atomic E-state index is 13.0. The summed E-state index contributed by atoms with van der Waals surface area (Å²) in [5.74, 6) is -0.0695. The van der Waals surface area contributed by atoms with Gasteiger partial charge in [0, 0.05) is 15.1 Å². The molecule has 1 atom stereocenters. The maximum atomic E-state index is 13.0. The van der Waals surface area contributed by atoms with Crippen LogP contribution in [0.25, 0.3) is 0 Å². The van der Waals surface area contributed by atoms with E-state index in [0.29, 0.717) is 5.69 Å². The van der Waals surface area contributed by atoms with Crippen LogP contribution in [0.3, 0.4) is 0 Å². The van der Waals surface area contributed by atoms with E-state index in [9.17, 15) is 4.79 Å². The van der Waals surface area contributed by atoms with Crippen LogP contribution in [0, 0.1) is 0 Å². The van der Waals surface area contributed by atoms with Gasteiger partial charge in [-0.1, -0.05) is 42.5 Å². The van der Waals surface area contributed by atoms with Gasteiger partial charge in [0.05, 0.1) is 5.69 Å². The zero-order chi connectivity index (χ0) is 17.6. The first-order valence-corrected chi connectivity index (χ1v) is 9.43. The van der Waals surface area contributed by atoms with Gasteiger partial charge in [-0.25, -0.2) is 0 Å². The van der Waals surface area contributed by atoms with E-state index in [-0.39, 0.29) is 11.2 Å². The summed E-state index contributed by atoms with van der Waals surface area (Å²) < 4.78 is 0.854. The van der Waals surface area contributed by atoms with Crippen LogP contribution in [0.2, 0.25) is 0 Å². The van der Waals surface area contributed by atoms with Gasteiger partial charge in [-0.15, -0.1) is 11.8 Å². The third kappa shape index (κ3) is 4.65. The predicted octanol–water partition coefficient (Wildman–Crippen LogP) is 5.50. The number of carbonyl (C=O) groups excluding carboxylic acids is 1. The summed E-state index contributed by atoms with van der Waals surface area (Å²) in [6.07, 6.45) is 0. The topological polar surface area (TPSA) is 55.1 Å². The fraction of sp³-hybridized carbons (Fsp3) is 0.0500. The molecule has 5 heteroatoms. The molecular formula is C20H17BrN2OS. The molecule has 0 saturated heterocycles. The predicted molar refractivity (Wildman–Crippen MR) is 109 cm³/mol. The van der Waals surface area contributed by atoms with E-state index >= 15 is 0 Å². The summed E-state index contributed by atoms with van der Waals surface area (Å²) in [5, 5.41) is 2.65. The molecule has 0 bridgehead atoms. The van der Waals surface area contributed by atoms with Crippen molar-refractivity contribution in [2.75, 3.05) is 11.1 Å². The Balaban J connectivity index is 1.87. The quantitative estimate of drug-likeness (QED) is 0.429. The van der Waals surface area contributed by atoms with Gasteiger partial charge in [-0.05, 0) is 57.9 Å². The highest BCUT2D eigenvalue weighted by atomic mass is 79.9. The first kappa shape index (κ1) is 17.6. The molecule has 0 aliphatic carbocycles. The van der Waals surface area contributed by atoms with Crippen LogP contribution in [0.5, 0.6) is 0 Å². The minimum atomic E-state index is -0.364. The number of para-hydroxylation sites is 1. The number of nitrogen functional groups attached to an aromatic ring is 1. The number of hydrogen-bond acceptors (Lipinski definition) is 3. The first-order chi connectivity index (χ1) is 12.1. The molecule has 0 aliphatic rings. The van der Waals surface area contributed by atoms with Crippen molar-refractivity contribution in [2.45, 2.75) is 10.1 Å². The first-order valence-electron chi connectivity index (χ1n) is 7.76. The second kappa shape index (κ2) is 8.23. The Morgan fingerprint density at radius 3 is 2.24 bits per heavy atom. The van der Waals surface area contributed by atoms with E-state index < -0.39 is 0 Å². The van der Waals surface area contributed by atoms with Crippen LogP contribution in [0.1, 0.15) is 10.8 Å². The van der Waals surface area contributed by atoms with Crippen LogP contribution < -0.4 is 11.1 Å². The molecule has 3 nitrogen and oxygen atoms in total. The van der Waals surface area contributed by atoms with Gasteiger partial charge in [0.2, 0.25) is 5.91 Å². The Morgan fingerprint density at radius 2 is 1.56 bits per heavy atom. The molecule has 1 unspecified atom stereocenters. The lowest BCUT2D eigenvalue weighted by Crippen LogP contribution is -2.19. The lowest BCUT2D eigenvalue weighted by molar-refractivity contribution is -0.115. The molecule has 3 N–H and O–H groups in total. The molecule has 126 valence electrons. The van der Waals surface area contributed by atoms with E-state index in [1.807, 2.05) is 78.9 Å². The minimum absolute atomic E-state index is 0.0695. The normalized spacial score (nSPS) is 11.7. The standard InChI is InChI=1S/C20H17BrN2OS/c21-17-8-4-5-9-18(17)23-20(24)19(14-6-2-1-3-7-14)25-16-12-10-15(22)11-13-16/h1-13,19H,22H2,(H,23,24). The third-order valence-electron chi connectivity index (χ3n) is 3.61. The van der Waals surface area contributed by atoms with Crippen molar-refractivity contribution >= 4 is 45.0 Å². The number of hydrogen-bond donors (Lipinski definition) is 2. The van der Waals surface area contributed by atoms with Crippen LogP contribution in [-0.4, -0.2) is 5.91 Å². The number of benzene rings is 3. The number of nitrogens with two attached hydrogens (primary N) is 1. The summed E-state index contributed by atoms with van der Waals surface area (Å²) in [6, 6.07) is 24.9. The highest BCUT2D eigenvalue weighted by Gasteiger charge is 2.22. The van der Waals surface area contributed by atoms with Crippen LogP contribution >= 0.6 is 27.7 Å². The summed E-state index contributed by atoms with van der Waals surface area (Å²) in [4.78, 5) is 14.0. The van der Waals surface area contributed by atoms with Crippen LogP contribution in [0.4, 0.5) is 11.4 Å². The van der Waals surface area contributed by atoms with Crippen molar-refractivity contribution < 1.29 is 4.79 Å². The number of carbonyl (C=O) groups is 1.